The lowest BCUT2D eigenvalue weighted by Gasteiger charge is -2.38. The van der Waals surface area contributed by atoms with Crippen LogP contribution in [-0.2, 0) is 12.8 Å². The monoisotopic (exact) mass is 521 g/mol. The molecule has 2 fully saturated rings. The minimum Gasteiger partial charge on any atom is -0.508 e. The van der Waals surface area contributed by atoms with Crippen molar-refractivity contribution in [3.8, 4) is 5.75 Å². The van der Waals surface area contributed by atoms with Crippen molar-refractivity contribution < 1.29 is 5.11 Å². The summed E-state index contributed by atoms with van der Waals surface area (Å²) in [4.78, 5) is 5.39. The molecule has 3 aromatic rings. The molecule has 0 spiro atoms. The van der Waals surface area contributed by atoms with E-state index in [4.69, 9.17) is 16.5 Å². The van der Waals surface area contributed by atoms with Crippen LogP contribution in [-0.4, -0.2) is 10.8 Å². The van der Waals surface area contributed by atoms with Crippen LogP contribution in [0, 0.1) is 23.7 Å². The lowest BCUT2D eigenvalue weighted by atomic mass is 9.68. The predicted octanol–water partition coefficient (Wildman–Crippen LogP) is 7.87. The molecule has 1 heterocycles. The topological polar surface area (TPSA) is 84.6 Å². The highest BCUT2D eigenvalue weighted by Gasteiger charge is 2.37. The Labute approximate surface area is 233 Å². The maximum atomic E-state index is 9.54. The van der Waals surface area contributed by atoms with Crippen LogP contribution in [0.1, 0.15) is 92.1 Å². The summed E-state index contributed by atoms with van der Waals surface area (Å²) in [6.07, 6.45) is 12.7. The van der Waals surface area contributed by atoms with Gasteiger partial charge in [0, 0.05) is 22.5 Å². The Morgan fingerprint density at radius 2 is 1.41 bits per heavy atom. The highest BCUT2D eigenvalue weighted by Crippen LogP contribution is 2.48. The average Bonchev–Trinajstić information content (AvgIpc) is 3.35. The first-order valence-corrected chi connectivity index (χ1v) is 15.1. The lowest BCUT2D eigenvalue weighted by molar-refractivity contribution is 0.142. The minimum absolute atomic E-state index is 0.196. The van der Waals surface area contributed by atoms with Crippen molar-refractivity contribution in [3.63, 3.8) is 0 Å². The summed E-state index contributed by atoms with van der Waals surface area (Å²) in [7, 11) is 0. The Hall–Kier alpha value is -3.27. The molecular formula is C35H43N3O. The number of aromatic hydroxyl groups is 1. The number of aliphatic imine (C=N–C) groups is 1. The summed E-state index contributed by atoms with van der Waals surface area (Å²) < 4.78 is 0. The van der Waals surface area contributed by atoms with Crippen LogP contribution in [0.5, 0.6) is 5.75 Å². The van der Waals surface area contributed by atoms with Crippen molar-refractivity contribution in [1.29, 1.82) is 0 Å². The molecule has 4 nitrogen and oxygen atoms in total. The van der Waals surface area contributed by atoms with E-state index in [9.17, 15) is 5.11 Å². The fourth-order valence-corrected chi connectivity index (χ4v) is 7.56. The number of nitrogens with zero attached hydrogens (tertiary/aromatic N) is 1. The molecule has 0 saturated heterocycles. The van der Waals surface area contributed by atoms with Crippen LogP contribution in [0.3, 0.4) is 0 Å². The SMILES string of the molecule is CC1CCC(C2CCC(C3N=C(c4ccc(CCc5ccc(O)cc5)c(N)c4)c4c(N)cccc43)CC2)CC1. The highest BCUT2D eigenvalue weighted by molar-refractivity contribution is 6.18. The third-order valence-corrected chi connectivity index (χ3v) is 9.98. The molecule has 204 valence electrons. The van der Waals surface area contributed by atoms with Crippen molar-refractivity contribution in [2.45, 2.75) is 77.2 Å². The summed E-state index contributed by atoms with van der Waals surface area (Å²) >= 11 is 0. The van der Waals surface area contributed by atoms with Crippen LogP contribution in [0.25, 0.3) is 0 Å². The molecule has 1 atom stereocenters. The Morgan fingerprint density at radius 1 is 0.744 bits per heavy atom. The van der Waals surface area contributed by atoms with Crippen LogP contribution >= 0.6 is 0 Å². The molecular weight excluding hydrogens is 478 g/mol. The molecule has 2 aliphatic carbocycles. The molecule has 1 aliphatic heterocycles. The average molecular weight is 522 g/mol. The number of nitrogens with two attached hydrogens (primary N) is 2. The van der Waals surface area contributed by atoms with Crippen molar-refractivity contribution in [2.24, 2.45) is 28.7 Å². The van der Waals surface area contributed by atoms with Crippen LogP contribution in [0.2, 0.25) is 0 Å². The zero-order chi connectivity index (χ0) is 26.9. The number of anilines is 2. The number of rotatable bonds is 6. The van der Waals surface area contributed by atoms with Gasteiger partial charge in [0.25, 0.3) is 0 Å². The molecule has 0 amide bonds. The van der Waals surface area contributed by atoms with Crippen LogP contribution < -0.4 is 11.5 Å². The van der Waals surface area contributed by atoms with Gasteiger partial charge in [-0.1, -0.05) is 56.2 Å². The maximum Gasteiger partial charge on any atom is 0.115 e. The molecule has 4 heteroatoms. The fraction of sp³-hybridized carbons (Fsp3) is 0.457. The van der Waals surface area contributed by atoms with Gasteiger partial charge in [-0.25, -0.2) is 0 Å². The number of aryl methyl sites for hydroxylation is 2. The smallest absolute Gasteiger partial charge is 0.115 e. The highest BCUT2D eigenvalue weighted by atomic mass is 16.3. The summed E-state index contributed by atoms with van der Waals surface area (Å²) in [5.41, 5.74) is 21.6. The zero-order valence-corrected chi connectivity index (χ0v) is 23.3. The van der Waals surface area contributed by atoms with Crippen LogP contribution in [0.15, 0.2) is 65.7 Å². The number of hydrogen-bond acceptors (Lipinski definition) is 4. The first-order chi connectivity index (χ1) is 19.0. The zero-order valence-electron chi connectivity index (χ0n) is 23.3. The predicted molar refractivity (Wildman–Crippen MR) is 162 cm³/mol. The fourth-order valence-electron chi connectivity index (χ4n) is 7.56. The number of fused-ring (bicyclic) bond motifs is 1. The Balaban J connectivity index is 1.19. The van der Waals surface area contributed by atoms with Gasteiger partial charge in [0.15, 0.2) is 0 Å². The van der Waals surface area contributed by atoms with E-state index in [2.05, 4.69) is 37.3 Å². The van der Waals surface area contributed by atoms with E-state index < -0.39 is 0 Å². The Morgan fingerprint density at radius 3 is 2.10 bits per heavy atom. The number of hydrogen-bond donors (Lipinski definition) is 3. The molecule has 6 rings (SSSR count). The second-order valence-corrected chi connectivity index (χ2v) is 12.5. The summed E-state index contributed by atoms with van der Waals surface area (Å²) in [6, 6.07) is 20.4. The van der Waals surface area contributed by atoms with E-state index in [0.717, 1.165) is 64.4 Å². The first kappa shape index (κ1) is 26.0. The normalized spacial score (nSPS) is 26.7. The van der Waals surface area contributed by atoms with E-state index in [0.29, 0.717) is 11.7 Å². The van der Waals surface area contributed by atoms with Crippen molar-refractivity contribution in [1.82, 2.24) is 0 Å². The van der Waals surface area contributed by atoms with Gasteiger partial charge in [0.1, 0.15) is 5.75 Å². The van der Waals surface area contributed by atoms with Gasteiger partial charge >= 0.3 is 0 Å². The van der Waals surface area contributed by atoms with Gasteiger partial charge in [0.05, 0.1) is 11.8 Å². The molecule has 3 aliphatic rings. The molecule has 0 bridgehead atoms. The number of phenolic OH excluding ortho intramolecular Hbond substituents is 1. The third kappa shape index (κ3) is 5.44. The number of benzene rings is 3. The molecule has 5 N–H and O–H groups in total. The van der Waals surface area contributed by atoms with Gasteiger partial charge in [-0.05, 0) is 116 Å². The second-order valence-electron chi connectivity index (χ2n) is 12.5. The summed E-state index contributed by atoms with van der Waals surface area (Å²) in [5, 5.41) is 9.54. The van der Waals surface area contributed by atoms with Gasteiger partial charge in [-0.15, -0.1) is 0 Å². The van der Waals surface area contributed by atoms with E-state index in [1.165, 1.54) is 62.5 Å². The van der Waals surface area contributed by atoms with Crippen LogP contribution in [0.4, 0.5) is 11.4 Å². The van der Waals surface area contributed by atoms with E-state index in [1.54, 1.807) is 12.1 Å². The Kier molecular flexibility index (Phi) is 7.38. The van der Waals surface area contributed by atoms with Gasteiger partial charge < -0.3 is 16.6 Å². The van der Waals surface area contributed by atoms with Crippen molar-refractivity contribution in [2.75, 3.05) is 11.5 Å². The summed E-state index contributed by atoms with van der Waals surface area (Å²) in [6.45, 7) is 2.42. The maximum absolute atomic E-state index is 9.54. The Bertz CT molecular complexity index is 1330. The summed E-state index contributed by atoms with van der Waals surface area (Å²) in [5.74, 6) is 3.66. The molecule has 0 radical (unpaired) electrons. The molecule has 39 heavy (non-hydrogen) atoms. The molecule has 2 saturated carbocycles. The lowest BCUT2D eigenvalue weighted by Crippen LogP contribution is -2.26. The number of phenols is 1. The molecule has 3 aromatic carbocycles. The number of nitrogen functional groups attached to an aromatic ring is 2. The van der Waals surface area contributed by atoms with E-state index in [1.807, 2.05) is 18.2 Å². The van der Waals surface area contributed by atoms with Gasteiger partial charge in [0.2, 0.25) is 0 Å². The molecule has 0 aromatic heterocycles. The third-order valence-electron chi connectivity index (χ3n) is 9.98. The van der Waals surface area contributed by atoms with Crippen molar-refractivity contribution >= 4 is 17.1 Å². The van der Waals surface area contributed by atoms with Crippen molar-refractivity contribution in [3.05, 3.63) is 88.5 Å². The first-order valence-electron chi connectivity index (χ1n) is 15.1. The molecule has 1 unspecified atom stereocenters. The minimum atomic E-state index is 0.196. The standard InChI is InChI=1S/C35H43N3O/c1-22-5-10-24(11-6-22)25-13-16-27(17-14-25)34-30-3-2-4-31(36)33(30)35(38-34)28-18-15-26(32(37)21-28)12-7-23-8-19-29(39)20-9-23/h2-4,8-9,15,18-22,24-25,27,34,39H,5-7,10-14,16-17,36-37H2,1H3. The van der Waals surface area contributed by atoms with E-state index in [-0.39, 0.29) is 6.04 Å². The second kappa shape index (κ2) is 11.1. The largest absolute Gasteiger partial charge is 0.508 e. The van der Waals surface area contributed by atoms with E-state index >= 15 is 0 Å². The van der Waals surface area contributed by atoms with Gasteiger partial charge in [-0.2, -0.15) is 0 Å². The van der Waals surface area contributed by atoms with Gasteiger partial charge in [-0.3, -0.25) is 4.99 Å². The quantitative estimate of drug-likeness (QED) is 0.289.